The molecule has 0 aromatic carbocycles. The molecule has 1 aromatic rings. The Hall–Kier alpha value is -1.54. The minimum Gasteiger partial charge on any atom is -0.467 e. The zero-order valence-corrected chi connectivity index (χ0v) is 8.38. The van der Waals surface area contributed by atoms with Crippen LogP contribution < -0.4 is 10.1 Å². The van der Waals surface area contributed by atoms with Crippen LogP contribution in [0.5, 0.6) is 6.01 Å². The number of methoxy groups -OCH3 is 1. The van der Waals surface area contributed by atoms with Gasteiger partial charge in [-0.15, -0.1) is 0 Å². The molecule has 0 saturated heterocycles. The lowest BCUT2D eigenvalue weighted by molar-refractivity contribution is 0.380. The van der Waals surface area contributed by atoms with E-state index < -0.39 is 0 Å². The first-order valence-electron chi connectivity index (χ1n) is 3.95. The van der Waals surface area contributed by atoms with Crippen molar-refractivity contribution in [1.82, 2.24) is 9.97 Å². The van der Waals surface area contributed by atoms with Crippen molar-refractivity contribution < 1.29 is 4.74 Å². The fourth-order valence-electron chi connectivity index (χ4n) is 0.810. The molecule has 1 N–H and O–H groups in total. The molecule has 1 heterocycles. The highest BCUT2D eigenvalue weighted by Gasteiger charge is 2.04. The van der Waals surface area contributed by atoms with E-state index in [-0.39, 0.29) is 6.01 Å². The van der Waals surface area contributed by atoms with E-state index in [0.29, 0.717) is 23.8 Å². The standard InChI is InChI=1S/C8H9ClN4O/c1-14-8-12-5-6(9)7(13-8)11-4-2-3-10/h5H,2,4H2,1H3,(H,11,12,13). The number of nitrogens with zero attached hydrogens (tertiary/aromatic N) is 3. The molecule has 0 radical (unpaired) electrons. The lowest BCUT2D eigenvalue weighted by Crippen LogP contribution is -2.04. The molecule has 1 aromatic heterocycles. The van der Waals surface area contributed by atoms with Gasteiger partial charge in [0.05, 0.1) is 25.8 Å². The number of ether oxygens (including phenoxy) is 1. The van der Waals surface area contributed by atoms with Crippen LogP contribution in [0, 0.1) is 11.3 Å². The maximum Gasteiger partial charge on any atom is 0.318 e. The summed E-state index contributed by atoms with van der Waals surface area (Å²) in [6.07, 6.45) is 1.84. The molecule has 0 amide bonds. The molecular weight excluding hydrogens is 204 g/mol. The molecule has 74 valence electrons. The van der Waals surface area contributed by atoms with Gasteiger partial charge in [0.1, 0.15) is 5.02 Å². The molecule has 6 heteroatoms. The van der Waals surface area contributed by atoms with Crippen molar-refractivity contribution in [2.45, 2.75) is 6.42 Å². The normalized spacial score (nSPS) is 9.21. The van der Waals surface area contributed by atoms with Crippen molar-refractivity contribution in [3.8, 4) is 12.1 Å². The monoisotopic (exact) mass is 212 g/mol. The molecule has 0 atom stereocenters. The van der Waals surface area contributed by atoms with E-state index in [9.17, 15) is 0 Å². The van der Waals surface area contributed by atoms with Crippen molar-refractivity contribution in [2.24, 2.45) is 0 Å². The molecule has 5 nitrogen and oxygen atoms in total. The molecule has 0 unspecified atom stereocenters. The summed E-state index contributed by atoms with van der Waals surface area (Å²) in [6, 6.07) is 2.25. The highest BCUT2D eigenvalue weighted by atomic mass is 35.5. The number of nitrogens with one attached hydrogen (secondary N) is 1. The van der Waals surface area contributed by atoms with E-state index in [2.05, 4.69) is 15.3 Å². The predicted octanol–water partition coefficient (Wildman–Crippen LogP) is 1.46. The Kier molecular flexibility index (Phi) is 3.95. The molecule has 0 spiro atoms. The second-order valence-electron chi connectivity index (χ2n) is 2.39. The summed E-state index contributed by atoms with van der Waals surface area (Å²) < 4.78 is 4.83. The number of nitriles is 1. The molecule has 0 saturated carbocycles. The highest BCUT2D eigenvalue weighted by molar-refractivity contribution is 6.32. The van der Waals surface area contributed by atoms with Crippen molar-refractivity contribution in [1.29, 1.82) is 5.26 Å². The predicted molar refractivity (Wildman–Crippen MR) is 52.3 cm³/mol. The van der Waals surface area contributed by atoms with Crippen LogP contribution in [0.1, 0.15) is 6.42 Å². The van der Waals surface area contributed by atoms with Crippen molar-refractivity contribution in [3.05, 3.63) is 11.2 Å². The summed E-state index contributed by atoms with van der Waals surface area (Å²) in [5.41, 5.74) is 0. The number of rotatable bonds is 4. The van der Waals surface area contributed by atoms with Gasteiger partial charge in [0.15, 0.2) is 5.82 Å². The lowest BCUT2D eigenvalue weighted by Gasteiger charge is -2.05. The Morgan fingerprint density at radius 1 is 1.71 bits per heavy atom. The molecule has 0 bridgehead atoms. The van der Waals surface area contributed by atoms with Gasteiger partial charge in [-0.1, -0.05) is 11.6 Å². The van der Waals surface area contributed by atoms with Crippen LogP contribution in [0.3, 0.4) is 0 Å². The van der Waals surface area contributed by atoms with E-state index in [1.807, 2.05) is 6.07 Å². The average molecular weight is 213 g/mol. The van der Waals surface area contributed by atoms with Gasteiger partial charge in [0.25, 0.3) is 0 Å². The average Bonchev–Trinajstić information content (AvgIpc) is 2.21. The quantitative estimate of drug-likeness (QED) is 0.766. The first kappa shape index (κ1) is 10.5. The molecule has 0 aliphatic heterocycles. The van der Waals surface area contributed by atoms with Gasteiger partial charge in [-0.2, -0.15) is 10.2 Å². The van der Waals surface area contributed by atoms with Crippen LogP contribution in [-0.2, 0) is 0 Å². The molecule has 0 aliphatic rings. The number of hydrogen-bond acceptors (Lipinski definition) is 5. The first-order valence-corrected chi connectivity index (χ1v) is 4.33. The highest BCUT2D eigenvalue weighted by Crippen LogP contribution is 2.19. The molecule has 14 heavy (non-hydrogen) atoms. The van der Waals surface area contributed by atoms with Crippen LogP contribution in [-0.4, -0.2) is 23.6 Å². The minimum absolute atomic E-state index is 0.244. The Morgan fingerprint density at radius 2 is 2.50 bits per heavy atom. The van der Waals surface area contributed by atoms with Gasteiger partial charge >= 0.3 is 6.01 Å². The fourth-order valence-corrected chi connectivity index (χ4v) is 0.968. The van der Waals surface area contributed by atoms with Crippen molar-refractivity contribution >= 4 is 17.4 Å². The molecule has 0 aliphatic carbocycles. The van der Waals surface area contributed by atoms with E-state index >= 15 is 0 Å². The third-order valence-electron chi connectivity index (χ3n) is 1.43. The molecule has 1 rings (SSSR count). The van der Waals surface area contributed by atoms with Gasteiger partial charge in [-0.05, 0) is 0 Å². The summed E-state index contributed by atoms with van der Waals surface area (Å²) in [5, 5.41) is 11.6. The van der Waals surface area contributed by atoms with Crippen LogP contribution >= 0.6 is 11.6 Å². The summed E-state index contributed by atoms with van der Waals surface area (Å²) in [4.78, 5) is 7.79. The zero-order valence-electron chi connectivity index (χ0n) is 7.62. The maximum absolute atomic E-state index is 8.33. The fraction of sp³-hybridized carbons (Fsp3) is 0.375. The minimum atomic E-state index is 0.244. The smallest absolute Gasteiger partial charge is 0.318 e. The summed E-state index contributed by atoms with van der Waals surface area (Å²) in [7, 11) is 1.47. The van der Waals surface area contributed by atoms with Crippen LogP contribution in [0.4, 0.5) is 5.82 Å². The largest absolute Gasteiger partial charge is 0.467 e. The lowest BCUT2D eigenvalue weighted by atomic mass is 10.4. The summed E-state index contributed by atoms with van der Waals surface area (Å²) in [5.74, 6) is 0.480. The number of halogens is 1. The number of anilines is 1. The van der Waals surface area contributed by atoms with E-state index in [0.717, 1.165) is 0 Å². The van der Waals surface area contributed by atoms with Crippen molar-refractivity contribution in [2.75, 3.05) is 19.0 Å². The zero-order chi connectivity index (χ0) is 10.4. The van der Waals surface area contributed by atoms with E-state index in [4.69, 9.17) is 21.6 Å². The Bertz CT molecular complexity index is 350. The second kappa shape index (κ2) is 5.25. The van der Waals surface area contributed by atoms with Crippen LogP contribution in [0.25, 0.3) is 0 Å². The SMILES string of the molecule is COc1ncc(Cl)c(NCCC#N)n1. The molecule has 0 fully saturated rings. The Labute approximate surface area is 86.7 Å². The van der Waals surface area contributed by atoms with Gasteiger partial charge in [-0.25, -0.2) is 4.98 Å². The third kappa shape index (κ3) is 2.75. The maximum atomic E-state index is 8.33. The second-order valence-corrected chi connectivity index (χ2v) is 2.80. The van der Waals surface area contributed by atoms with Crippen LogP contribution in [0.2, 0.25) is 5.02 Å². The van der Waals surface area contributed by atoms with E-state index in [1.54, 1.807) is 0 Å². The first-order chi connectivity index (χ1) is 6.77. The summed E-state index contributed by atoms with van der Waals surface area (Å²) in [6.45, 7) is 0.496. The number of aromatic nitrogens is 2. The van der Waals surface area contributed by atoms with Gasteiger partial charge < -0.3 is 10.1 Å². The third-order valence-corrected chi connectivity index (χ3v) is 1.71. The summed E-state index contributed by atoms with van der Waals surface area (Å²) >= 11 is 5.81. The van der Waals surface area contributed by atoms with Gasteiger partial charge in [0, 0.05) is 6.54 Å². The molecular formula is C8H9ClN4O. The topological polar surface area (TPSA) is 70.8 Å². The number of hydrogen-bond donors (Lipinski definition) is 1. The van der Waals surface area contributed by atoms with Crippen LogP contribution in [0.15, 0.2) is 6.20 Å². The van der Waals surface area contributed by atoms with Gasteiger partial charge in [-0.3, -0.25) is 0 Å². The van der Waals surface area contributed by atoms with Crippen molar-refractivity contribution in [3.63, 3.8) is 0 Å². The Morgan fingerprint density at radius 3 is 3.14 bits per heavy atom. The van der Waals surface area contributed by atoms with Gasteiger partial charge in [0.2, 0.25) is 0 Å². The Balaban J connectivity index is 2.69. The van der Waals surface area contributed by atoms with E-state index in [1.165, 1.54) is 13.3 Å².